The average Bonchev–Trinajstić information content (AvgIpc) is 2.59. The van der Waals surface area contributed by atoms with Crippen molar-refractivity contribution in [1.29, 1.82) is 0 Å². The van der Waals surface area contributed by atoms with Crippen molar-refractivity contribution in [1.82, 2.24) is 15.2 Å². The highest BCUT2D eigenvalue weighted by atomic mass is 32.2. The Hall–Kier alpha value is -1.43. The molecule has 1 aliphatic heterocycles. The summed E-state index contributed by atoms with van der Waals surface area (Å²) in [5.41, 5.74) is 1.12. The molecule has 1 unspecified atom stereocenters. The molecule has 0 aliphatic carbocycles. The molecule has 0 saturated carbocycles. The van der Waals surface area contributed by atoms with Gasteiger partial charge in [-0.05, 0) is 31.9 Å². The minimum Gasteiger partial charge on any atom is -0.478 e. The molecule has 2 rings (SSSR count). The summed E-state index contributed by atoms with van der Waals surface area (Å²) >= 11 is 2.08. The van der Waals surface area contributed by atoms with Crippen molar-refractivity contribution in [2.75, 3.05) is 32.0 Å². The van der Waals surface area contributed by atoms with E-state index >= 15 is 0 Å². The van der Waals surface area contributed by atoms with Crippen molar-refractivity contribution in [2.24, 2.45) is 4.99 Å². The highest BCUT2D eigenvalue weighted by Gasteiger charge is 2.21. The normalized spacial score (nSPS) is 18.8. The lowest BCUT2D eigenvalue weighted by Crippen LogP contribution is -2.48. The molecule has 1 atom stereocenters. The van der Waals surface area contributed by atoms with Crippen LogP contribution in [0.2, 0.25) is 0 Å². The fraction of sp³-hybridized carbons (Fsp3) is 0.647. The molecule has 1 fully saturated rings. The monoisotopic (exact) mass is 336 g/mol. The van der Waals surface area contributed by atoms with Crippen LogP contribution in [0, 0.1) is 0 Å². The van der Waals surface area contributed by atoms with Crippen LogP contribution >= 0.6 is 11.8 Å². The molecular formula is C17H28N4OS. The van der Waals surface area contributed by atoms with Gasteiger partial charge in [0, 0.05) is 42.9 Å². The van der Waals surface area contributed by atoms with Crippen LogP contribution in [0.3, 0.4) is 0 Å². The highest BCUT2D eigenvalue weighted by Crippen LogP contribution is 2.21. The van der Waals surface area contributed by atoms with Crippen LogP contribution in [0.15, 0.2) is 23.3 Å². The number of aromatic nitrogens is 1. The molecule has 23 heavy (non-hydrogen) atoms. The zero-order chi connectivity index (χ0) is 16.5. The lowest BCUT2D eigenvalue weighted by Gasteiger charge is -2.34. The van der Waals surface area contributed by atoms with Gasteiger partial charge in [0.2, 0.25) is 5.88 Å². The molecule has 1 aromatic heterocycles. The fourth-order valence-corrected chi connectivity index (χ4v) is 3.71. The van der Waals surface area contributed by atoms with E-state index < -0.39 is 0 Å². The van der Waals surface area contributed by atoms with Crippen LogP contribution in [0.4, 0.5) is 0 Å². The number of nitrogens with zero attached hydrogens (tertiary/aromatic N) is 3. The Morgan fingerprint density at radius 3 is 3.09 bits per heavy atom. The topological polar surface area (TPSA) is 49.8 Å². The third kappa shape index (κ3) is 5.61. The number of hydrogen-bond donors (Lipinski definition) is 1. The van der Waals surface area contributed by atoms with Gasteiger partial charge in [-0.1, -0.05) is 6.92 Å². The molecule has 1 saturated heterocycles. The number of pyridine rings is 1. The van der Waals surface area contributed by atoms with Gasteiger partial charge in [0.1, 0.15) is 0 Å². The molecular weight excluding hydrogens is 308 g/mol. The summed E-state index contributed by atoms with van der Waals surface area (Å²) in [4.78, 5) is 11.4. The van der Waals surface area contributed by atoms with Crippen LogP contribution in [-0.4, -0.2) is 53.1 Å². The predicted octanol–water partition coefficient (Wildman–Crippen LogP) is 2.77. The first kappa shape index (κ1) is 17.9. The van der Waals surface area contributed by atoms with Gasteiger partial charge in [0.25, 0.3) is 0 Å². The number of nitrogens with one attached hydrogen (secondary N) is 1. The summed E-state index contributed by atoms with van der Waals surface area (Å²) < 4.78 is 5.46. The maximum absolute atomic E-state index is 5.46. The standard InChI is InChI=1S/C17H28N4OS/c1-4-15-13-21(9-10-23-15)17(18-5-2)20-12-14-7-8-19-16(11-14)22-6-3/h7-8,11,15H,4-6,9-10,12-13H2,1-3H3,(H,18,20). The summed E-state index contributed by atoms with van der Waals surface area (Å²) in [5, 5.41) is 4.13. The molecule has 0 bridgehead atoms. The van der Waals surface area contributed by atoms with E-state index in [1.165, 1.54) is 12.2 Å². The van der Waals surface area contributed by atoms with E-state index in [1.54, 1.807) is 6.20 Å². The average molecular weight is 337 g/mol. The molecule has 2 heterocycles. The Morgan fingerprint density at radius 2 is 2.35 bits per heavy atom. The Bertz CT molecular complexity index is 509. The number of aliphatic imine (C=N–C) groups is 1. The lowest BCUT2D eigenvalue weighted by atomic mass is 10.2. The highest BCUT2D eigenvalue weighted by molar-refractivity contribution is 8.00. The van der Waals surface area contributed by atoms with Crippen molar-refractivity contribution in [3.8, 4) is 5.88 Å². The zero-order valence-electron chi connectivity index (χ0n) is 14.4. The molecule has 6 heteroatoms. The minimum atomic E-state index is 0.631. The predicted molar refractivity (Wildman–Crippen MR) is 98.3 cm³/mol. The molecule has 0 spiro atoms. The second-order valence-electron chi connectivity index (χ2n) is 5.45. The van der Waals surface area contributed by atoms with Gasteiger partial charge in [0.15, 0.2) is 5.96 Å². The second-order valence-corrected chi connectivity index (χ2v) is 6.86. The van der Waals surface area contributed by atoms with Gasteiger partial charge >= 0.3 is 0 Å². The van der Waals surface area contributed by atoms with Crippen molar-refractivity contribution in [2.45, 2.75) is 39.0 Å². The Balaban J connectivity index is 2.04. The molecule has 0 aromatic carbocycles. The number of rotatable bonds is 6. The molecule has 5 nitrogen and oxygen atoms in total. The Morgan fingerprint density at radius 1 is 1.48 bits per heavy atom. The first-order valence-electron chi connectivity index (χ1n) is 8.49. The SMILES string of the molecule is CCNC(=NCc1ccnc(OCC)c1)N1CCSC(CC)C1. The van der Waals surface area contributed by atoms with Crippen molar-refractivity contribution in [3.05, 3.63) is 23.9 Å². The number of hydrogen-bond acceptors (Lipinski definition) is 4. The molecule has 1 aliphatic rings. The van der Waals surface area contributed by atoms with Gasteiger partial charge in [-0.2, -0.15) is 11.8 Å². The van der Waals surface area contributed by atoms with E-state index in [1.807, 2.05) is 19.1 Å². The summed E-state index contributed by atoms with van der Waals surface area (Å²) in [6, 6.07) is 3.97. The maximum Gasteiger partial charge on any atom is 0.213 e. The molecule has 1 N–H and O–H groups in total. The van der Waals surface area contributed by atoms with Gasteiger partial charge in [-0.25, -0.2) is 9.98 Å². The van der Waals surface area contributed by atoms with Crippen LogP contribution in [0.25, 0.3) is 0 Å². The summed E-state index contributed by atoms with van der Waals surface area (Å²) in [5.74, 6) is 2.86. The van der Waals surface area contributed by atoms with Crippen molar-refractivity contribution in [3.63, 3.8) is 0 Å². The van der Waals surface area contributed by atoms with E-state index in [9.17, 15) is 0 Å². The quantitative estimate of drug-likeness (QED) is 0.639. The van der Waals surface area contributed by atoms with E-state index in [0.717, 1.165) is 31.2 Å². The van der Waals surface area contributed by atoms with Crippen LogP contribution in [-0.2, 0) is 6.54 Å². The second kappa shape index (κ2) is 9.65. The van der Waals surface area contributed by atoms with Gasteiger partial charge in [-0.3, -0.25) is 0 Å². The Labute approximate surface area is 143 Å². The summed E-state index contributed by atoms with van der Waals surface area (Å²) in [6.45, 7) is 10.6. The van der Waals surface area contributed by atoms with Crippen molar-refractivity contribution < 1.29 is 4.74 Å². The smallest absolute Gasteiger partial charge is 0.213 e. The van der Waals surface area contributed by atoms with Crippen LogP contribution in [0.1, 0.15) is 32.8 Å². The molecule has 0 radical (unpaired) electrons. The first-order valence-corrected chi connectivity index (χ1v) is 9.54. The number of thioether (sulfide) groups is 1. The van der Waals surface area contributed by atoms with Gasteiger partial charge in [0.05, 0.1) is 13.2 Å². The number of ether oxygens (including phenoxy) is 1. The van der Waals surface area contributed by atoms with Crippen LogP contribution in [0.5, 0.6) is 5.88 Å². The van der Waals surface area contributed by atoms with Gasteiger partial charge in [-0.15, -0.1) is 0 Å². The largest absolute Gasteiger partial charge is 0.478 e. The summed E-state index contributed by atoms with van der Waals surface area (Å²) in [7, 11) is 0. The van der Waals surface area contributed by atoms with E-state index in [2.05, 4.69) is 40.8 Å². The minimum absolute atomic E-state index is 0.631. The fourth-order valence-electron chi connectivity index (χ4n) is 2.53. The molecule has 128 valence electrons. The maximum atomic E-state index is 5.46. The number of guanidine groups is 1. The third-order valence-corrected chi connectivity index (χ3v) is 5.10. The summed E-state index contributed by atoms with van der Waals surface area (Å²) in [6.07, 6.45) is 3.00. The molecule has 1 aromatic rings. The Kier molecular flexibility index (Phi) is 7.52. The van der Waals surface area contributed by atoms with Crippen LogP contribution < -0.4 is 10.1 Å². The molecule has 0 amide bonds. The first-order chi connectivity index (χ1) is 11.3. The van der Waals surface area contributed by atoms with E-state index in [0.29, 0.717) is 24.3 Å². The third-order valence-electron chi connectivity index (χ3n) is 3.73. The van der Waals surface area contributed by atoms with Gasteiger partial charge < -0.3 is 15.0 Å². The zero-order valence-corrected chi connectivity index (χ0v) is 15.2. The van der Waals surface area contributed by atoms with E-state index in [4.69, 9.17) is 9.73 Å². The van der Waals surface area contributed by atoms with Crippen molar-refractivity contribution >= 4 is 17.7 Å². The lowest BCUT2D eigenvalue weighted by molar-refractivity contribution is 0.326. The van der Waals surface area contributed by atoms with E-state index in [-0.39, 0.29) is 0 Å².